The number of alkyl halides is 3. The van der Waals surface area contributed by atoms with Crippen molar-refractivity contribution in [3.05, 3.63) is 0 Å². The van der Waals surface area contributed by atoms with Crippen molar-refractivity contribution >= 4 is 18.7 Å². The molecule has 0 aromatic rings. The van der Waals surface area contributed by atoms with E-state index in [9.17, 15) is 18.0 Å². The van der Waals surface area contributed by atoms with Crippen LogP contribution in [0.15, 0.2) is 0 Å². The highest BCUT2D eigenvalue weighted by molar-refractivity contribution is 7.81. The Morgan fingerprint density at radius 3 is 2.50 bits per heavy atom. The fourth-order valence-electron chi connectivity index (χ4n) is 1.55. The molecule has 1 unspecified atom stereocenters. The zero-order valence-corrected chi connectivity index (χ0v) is 8.24. The number of hydrogen-bond donors (Lipinski definition) is 2. The lowest BCUT2D eigenvalue weighted by atomic mass is 10.1. The van der Waals surface area contributed by atoms with Gasteiger partial charge < -0.3 is 10.2 Å². The van der Waals surface area contributed by atoms with Gasteiger partial charge in [0.25, 0.3) is 0 Å². The number of rotatable bonds is 0. The maximum atomic E-state index is 10.9. The van der Waals surface area contributed by atoms with Gasteiger partial charge in [-0.3, -0.25) is 0 Å². The Morgan fingerprint density at radius 1 is 1.50 bits per heavy atom. The van der Waals surface area contributed by atoms with E-state index in [1.807, 2.05) is 4.90 Å². The summed E-state index contributed by atoms with van der Waals surface area (Å²) in [7, 11) is 0. The van der Waals surface area contributed by atoms with Gasteiger partial charge in [0.05, 0.1) is 0 Å². The van der Waals surface area contributed by atoms with Crippen LogP contribution in [-0.2, 0) is 0 Å². The number of thiol groups is 1. The van der Waals surface area contributed by atoms with Crippen molar-refractivity contribution in [1.82, 2.24) is 10.2 Å². The van der Waals surface area contributed by atoms with E-state index in [1.165, 1.54) is 12.8 Å². The van der Waals surface area contributed by atoms with Crippen LogP contribution < -0.4 is 5.32 Å². The third kappa shape index (κ3) is 4.08. The molecule has 1 N–H and O–H groups in total. The quantitative estimate of drug-likeness (QED) is 0.607. The number of nitrogens with zero attached hydrogens (tertiary/aromatic N) is 1. The fourth-order valence-corrected chi connectivity index (χ4v) is 1.55. The van der Waals surface area contributed by atoms with E-state index < -0.39 is 5.51 Å². The lowest BCUT2D eigenvalue weighted by molar-refractivity contribution is -0.0303. The van der Waals surface area contributed by atoms with Gasteiger partial charge in [0.1, 0.15) is 0 Å². The van der Waals surface area contributed by atoms with Crippen LogP contribution in [0.2, 0.25) is 0 Å². The summed E-state index contributed by atoms with van der Waals surface area (Å²) in [6, 6.07) is 0.601. The lowest BCUT2D eigenvalue weighted by Crippen LogP contribution is -2.30. The molecule has 0 saturated carbocycles. The Kier molecular flexibility index (Phi) is 3.52. The van der Waals surface area contributed by atoms with Crippen LogP contribution in [0, 0.1) is 0 Å². The molecule has 2 heterocycles. The van der Waals surface area contributed by atoms with E-state index in [4.69, 9.17) is 0 Å². The SMILES string of the molecule is FC(F)(F)S.O=C1NC2CCCN1C2. The predicted octanol–water partition coefficient (Wildman–Crippen LogP) is 1.61. The van der Waals surface area contributed by atoms with Crippen LogP contribution in [0.3, 0.4) is 0 Å². The van der Waals surface area contributed by atoms with Gasteiger partial charge in [0.2, 0.25) is 0 Å². The van der Waals surface area contributed by atoms with Gasteiger partial charge in [-0.1, -0.05) is 12.6 Å². The molecule has 0 radical (unpaired) electrons. The Morgan fingerprint density at radius 2 is 2.07 bits per heavy atom. The van der Waals surface area contributed by atoms with Crippen molar-refractivity contribution in [2.75, 3.05) is 13.1 Å². The molecule has 0 aliphatic carbocycles. The van der Waals surface area contributed by atoms with Gasteiger partial charge >= 0.3 is 11.5 Å². The van der Waals surface area contributed by atoms with Crippen LogP contribution in [0.25, 0.3) is 0 Å². The van der Waals surface area contributed by atoms with E-state index in [1.54, 1.807) is 0 Å². The van der Waals surface area contributed by atoms with Gasteiger partial charge in [0, 0.05) is 19.1 Å². The Balaban J connectivity index is 0.000000171. The van der Waals surface area contributed by atoms with Gasteiger partial charge in [-0.15, -0.1) is 0 Å². The van der Waals surface area contributed by atoms with Crippen molar-refractivity contribution in [2.45, 2.75) is 24.4 Å². The van der Waals surface area contributed by atoms with Crippen molar-refractivity contribution in [3.63, 3.8) is 0 Å². The molecule has 0 aromatic heterocycles. The molecule has 2 saturated heterocycles. The molecule has 3 nitrogen and oxygen atoms in total. The first-order valence-electron chi connectivity index (χ1n) is 4.21. The van der Waals surface area contributed by atoms with Crippen molar-refractivity contribution in [3.8, 4) is 0 Å². The summed E-state index contributed by atoms with van der Waals surface area (Å²) in [5, 5.41) is 2.90. The van der Waals surface area contributed by atoms with E-state index >= 15 is 0 Å². The number of carbonyl (C=O) groups is 1. The molecule has 2 aliphatic heterocycles. The third-order valence-corrected chi connectivity index (χ3v) is 2.04. The highest BCUT2D eigenvalue weighted by atomic mass is 32.1. The molecule has 0 spiro atoms. The predicted molar refractivity (Wildman–Crippen MR) is 48.2 cm³/mol. The number of fused-ring (bicyclic) bond motifs is 2. The molecule has 2 fully saturated rings. The first-order chi connectivity index (χ1) is 6.36. The Labute approximate surface area is 85.0 Å². The highest BCUT2D eigenvalue weighted by Gasteiger charge is 2.31. The van der Waals surface area contributed by atoms with Crippen molar-refractivity contribution in [1.29, 1.82) is 0 Å². The molecule has 2 bridgehead atoms. The second kappa shape index (κ2) is 4.29. The van der Waals surface area contributed by atoms with E-state index in [0.29, 0.717) is 6.04 Å². The maximum absolute atomic E-state index is 10.9. The monoisotopic (exact) mass is 228 g/mol. The summed E-state index contributed by atoms with van der Waals surface area (Å²) in [6.07, 6.45) is 2.34. The normalized spacial score (nSPS) is 25.3. The highest BCUT2D eigenvalue weighted by Crippen LogP contribution is 2.17. The van der Waals surface area contributed by atoms with Gasteiger partial charge in [-0.05, 0) is 12.8 Å². The second-order valence-electron chi connectivity index (χ2n) is 3.20. The number of piperidine rings is 1. The Bertz CT molecular complexity index is 215. The van der Waals surface area contributed by atoms with Gasteiger partial charge in [-0.2, -0.15) is 13.2 Å². The van der Waals surface area contributed by atoms with Crippen LogP contribution in [0.4, 0.5) is 18.0 Å². The van der Waals surface area contributed by atoms with Gasteiger partial charge in [-0.25, -0.2) is 4.79 Å². The fraction of sp³-hybridized carbons (Fsp3) is 0.857. The standard InChI is InChI=1S/C6H10N2O.CHF3S/c9-6-7-5-2-1-3-8(6)4-5;2-1(3,4)5/h5H,1-4H2,(H,7,9);5H. The first-order valence-corrected chi connectivity index (χ1v) is 4.65. The molecular formula is C7H11F3N2OS. The van der Waals surface area contributed by atoms with Crippen LogP contribution in [0.1, 0.15) is 12.8 Å². The number of halogens is 3. The number of carbonyl (C=O) groups excluding carboxylic acids is 1. The number of hydrogen-bond acceptors (Lipinski definition) is 2. The second-order valence-corrected chi connectivity index (χ2v) is 3.71. The molecule has 14 heavy (non-hydrogen) atoms. The number of urea groups is 1. The van der Waals surface area contributed by atoms with Crippen molar-refractivity contribution < 1.29 is 18.0 Å². The minimum absolute atomic E-state index is 0.137. The third-order valence-electron chi connectivity index (χ3n) is 2.04. The van der Waals surface area contributed by atoms with Crippen molar-refractivity contribution in [2.24, 2.45) is 0 Å². The largest absolute Gasteiger partial charge is 0.438 e. The molecule has 2 rings (SSSR count). The minimum atomic E-state index is -4.31. The van der Waals surface area contributed by atoms with E-state index in [0.717, 1.165) is 13.1 Å². The molecule has 2 amide bonds. The summed E-state index contributed by atoms with van der Waals surface area (Å²) >= 11 is 2.12. The molecule has 7 heteroatoms. The molecule has 2 aliphatic rings. The van der Waals surface area contributed by atoms with E-state index in [-0.39, 0.29) is 6.03 Å². The Hall–Kier alpha value is -0.590. The summed E-state index contributed by atoms with van der Waals surface area (Å²) in [6.45, 7) is 1.90. The molecular weight excluding hydrogens is 217 g/mol. The topological polar surface area (TPSA) is 32.3 Å². The summed E-state index contributed by atoms with van der Waals surface area (Å²) in [4.78, 5) is 12.8. The average Bonchev–Trinajstić information content (AvgIpc) is 2.23. The maximum Gasteiger partial charge on any atom is 0.438 e. The minimum Gasteiger partial charge on any atom is -0.333 e. The van der Waals surface area contributed by atoms with Crippen LogP contribution >= 0.6 is 12.6 Å². The van der Waals surface area contributed by atoms with E-state index in [2.05, 4.69) is 17.9 Å². The van der Waals surface area contributed by atoms with Gasteiger partial charge in [0.15, 0.2) is 0 Å². The lowest BCUT2D eigenvalue weighted by Gasteiger charge is -2.18. The van der Waals surface area contributed by atoms with Crippen LogP contribution in [-0.4, -0.2) is 35.6 Å². The first kappa shape index (κ1) is 11.5. The number of nitrogens with one attached hydrogen (secondary N) is 1. The average molecular weight is 228 g/mol. The smallest absolute Gasteiger partial charge is 0.333 e. The molecule has 0 aromatic carbocycles. The molecule has 1 atom stereocenters. The summed E-state index contributed by atoms with van der Waals surface area (Å²) in [5.41, 5.74) is -4.31. The number of amides is 2. The summed E-state index contributed by atoms with van der Waals surface area (Å²) in [5.74, 6) is 0. The molecule has 82 valence electrons. The summed E-state index contributed by atoms with van der Waals surface area (Å²) < 4.78 is 30.7. The zero-order chi connectivity index (χ0) is 10.8. The zero-order valence-electron chi connectivity index (χ0n) is 7.34. The van der Waals surface area contributed by atoms with Crippen LogP contribution in [0.5, 0.6) is 0 Å².